The van der Waals surface area contributed by atoms with Gasteiger partial charge in [0.15, 0.2) is 0 Å². The first kappa shape index (κ1) is 22.6. The Morgan fingerprint density at radius 2 is 2.03 bits per heavy atom. The van der Waals surface area contributed by atoms with Gasteiger partial charge < -0.3 is 15.4 Å². The summed E-state index contributed by atoms with van der Waals surface area (Å²) in [4.78, 5) is 28.8. The second-order valence-corrected chi connectivity index (χ2v) is 6.92. The number of hydrogen-bond acceptors (Lipinski definition) is 8. The third-order valence-corrected chi connectivity index (χ3v) is 4.84. The largest absolute Gasteiger partial charge is 0.480 e. The second-order valence-electron chi connectivity index (χ2n) is 6.92. The zero-order chi connectivity index (χ0) is 22.9. The van der Waals surface area contributed by atoms with Crippen LogP contribution in [0.4, 0.5) is 0 Å². The summed E-state index contributed by atoms with van der Waals surface area (Å²) >= 11 is 0. The molecule has 0 bridgehead atoms. The lowest BCUT2D eigenvalue weighted by molar-refractivity contribution is -0.118. The SMILES string of the molecule is CCc1ccc(C(C#N)NC(=O)C2=CN(CCNC(=O)c3cccnc3OC)NN2)cc1. The molecule has 4 N–H and O–H groups in total. The topological polar surface area (TPSA) is 131 Å². The summed E-state index contributed by atoms with van der Waals surface area (Å²) in [6.45, 7) is 2.75. The van der Waals surface area contributed by atoms with E-state index in [4.69, 9.17) is 4.74 Å². The minimum absolute atomic E-state index is 0.251. The van der Waals surface area contributed by atoms with Crippen LogP contribution in [0.1, 0.15) is 34.5 Å². The number of hydrazine groups is 2. The van der Waals surface area contributed by atoms with Crippen molar-refractivity contribution in [3.05, 3.63) is 71.2 Å². The smallest absolute Gasteiger partial charge is 0.271 e. The van der Waals surface area contributed by atoms with Crippen LogP contribution in [-0.4, -0.2) is 42.0 Å². The zero-order valence-corrected chi connectivity index (χ0v) is 17.9. The molecule has 1 aromatic carbocycles. The van der Waals surface area contributed by atoms with E-state index in [1.807, 2.05) is 24.3 Å². The molecule has 3 rings (SSSR count). The van der Waals surface area contributed by atoms with Crippen molar-refractivity contribution >= 4 is 11.8 Å². The van der Waals surface area contributed by atoms with Crippen molar-refractivity contribution in [2.75, 3.05) is 20.2 Å². The number of carbonyl (C=O) groups excluding carboxylic acids is 2. The van der Waals surface area contributed by atoms with E-state index >= 15 is 0 Å². The Balaban J connectivity index is 1.51. The van der Waals surface area contributed by atoms with Crippen LogP contribution in [0.15, 0.2) is 54.5 Å². The number of pyridine rings is 1. The zero-order valence-electron chi connectivity index (χ0n) is 17.9. The average Bonchev–Trinajstić information content (AvgIpc) is 3.31. The van der Waals surface area contributed by atoms with Crippen LogP contribution in [0.3, 0.4) is 0 Å². The van der Waals surface area contributed by atoms with Crippen molar-refractivity contribution in [2.45, 2.75) is 19.4 Å². The van der Waals surface area contributed by atoms with Crippen LogP contribution >= 0.6 is 0 Å². The molecule has 0 radical (unpaired) electrons. The molecule has 0 spiro atoms. The Bertz CT molecular complexity index is 1030. The number of amides is 2. The fourth-order valence-electron chi connectivity index (χ4n) is 3.04. The Kier molecular flexibility index (Phi) is 7.61. The van der Waals surface area contributed by atoms with Crippen molar-refractivity contribution in [3.8, 4) is 11.9 Å². The molecule has 1 atom stereocenters. The van der Waals surface area contributed by atoms with Gasteiger partial charge in [0.25, 0.3) is 11.8 Å². The molecule has 166 valence electrons. The van der Waals surface area contributed by atoms with Crippen LogP contribution in [-0.2, 0) is 11.2 Å². The number of aryl methyl sites for hydroxylation is 1. The molecule has 0 saturated heterocycles. The lowest BCUT2D eigenvalue weighted by Crippen LogP contribution is -2.42. The molecule has 10 heteroatoms. The predicted molar refractivity (Wildman–Crippen MR) is 116 cm³/mol. The van der Waals surface area contributed by atoms with E-state index in [1.165, 1.54) is 7.11 Å². The molecule has 2 amide bonds. The number of nitriles is 1. The van der Waals surface area contributed by atoms with E-state index in [-0.39, 0.29) is 17.5 Å². The molecule has 0 aliphatic carbocycles. The number of ether oxygens (including phenoxy) is 1. The number of benzene rings is 1. The van der Waals surface area contributed by atoms with Gasteiger partial charge in [0.05, 0.1) is 19.7 Å². The molecular weight excluding hydrogens is 410 g/mol. The van der Waals surface area contributed by atoms with Crippen molar-refractivity contribution in [3.63, 3.8) is 0 Å². The third-order valence-electron chi connectivity index (χ3n) is 4.84. The Labute approximate surface area is 186 Å². The summed E-state index contributed by atoms with van der Waals surface area (Å²) in [5, 5.41) is 16.6. The van der Waals surface area contributed by atoms with Gasteiger partial charge in [-0.2, -0.15) is 5.26 Å². The number of hydrogen-bond donors (Lipinski definition) is 4. The summed E-state index contributed by atoms with van der Waals surface area (Å²) in [7, 11) is 1.45. The van der Waals surface area contributed by atoms with E-state index in [1.54, 1.807) is 29.5 Å². The van der Waals surface area contributed by atoms with Crippen LogP contribution in [0, 0.1) is 11.3 Å². The molecular formula is C22H25N7O3. The molecule has 0 fully saturated rings. The Hall–Kier alpha value is -4.10. The number of aromatic nitrogens is 1. The van der Waals surface area contributed by atoms with Gasteiger partial charge in [-0.25, -0.2) is 4.98 Å². The number of methoxy groups -OCH3 is 1. The predicted octanol–water partition coefficient (Wildman–Crippen LogP) is 0.930. The van der Waals surface area contributed by atoms with Gasteiger partial charge >= 0.3 is 0 Å². The van der Waals surface area contributed by atoms with Crippen molar-refractivity contribution in [1.29, 1.82) is 5.26 Å². The van der Waals surface area contributed by atoms with E-state index in [2.05, 4.69) is 39.6 Å². The maximum absolute atomic E-state index is 12.5. The molecule has 32 heavy (non-hydrogen) atoms. The molecule has 1 unspecified atom stereocenters. The van der Waals surface area contributed by atoms with E-state index in [9.17, 15) is 14.9 Å². The average molecular weight is 435 g/mol. The van der Waals surface area contributed by atoms with Crippen LogP contribution < -0.4 is 26.3 Å². The van der Waals surface area contributed by atoms with Crippen LogP contribution in [0.25, 0.3) is 0 Å². The molecule has 1 aliphatic rings. The second kappa shape index (κ2) is 10.8. The molecule has 1 aliphatic heterocycles. The van der Waals surface area contributed by atoms with Gasteiger partial charge in [0, 0.05) is 18.9 Å². The number of nitrogens with zero attached hydrogens (tertiary/aromatic N) is 3. The highest BCUT2D eigenvalue weighted by molar-refractivity contribution is 5.96. The summed E-state index contributed by atoms with van der Waals surface area (Å²) in [5.41, 5.74) is 8.07. The molecule has 0 saturated carbocycles. The molecule has 10 nitrogen and oxygen atoms in total. The first-order valence-electron chi connectivity index (χ1n) is 10.1. The van der Waals surface area contributed by atoms with Crippen molar-refractivity contribution in [2.24, 2.45) is 0 Å². The first-order valence-corrected chi connectivity index (χ1v) is 10.1. The standard InChI is InChI=1S/C22H25N7O3/c1-3-15-6-8-16(9-7-15)18(13-23)26-21(31)19-14-29(28-27-19)12-11-24-20(30)17-5-4-10-25-22(17)32-2/h4-10,14,18,27-28H,3,11-12H2,1-2H3,(H,24,30)(H,26,31). The van der Waals surface area contributed by atoms with E-state index in [0.29, 0.717) is 18.7 Å². The van der Waals surface area contributed by atoms with E-state index in [0.717, 1.165) is 17.5 Å². The summed E-state index contributed by atoms with van der Waals surface area (Å²) in [6.07, 6.45) is 4.02. The highest BCUT2D eigenvalue weighted by Gasteiger charge is 2.21. The third kappa shape index (κ3) is 5.53. The molecule has 2 aromatic rings. The summed E-state index contributed by atoms with van der Waals surface area (Å²) < 4.78 is 5.09. The van der Waals surface area contributed by atoms with Gasteiger partial charge in [-0.3, -0.25) is 20.0 Å². The number of carbonyl (C=O) groups is 2. The van der Waals surface area contributed by atoms with Gasteiger partial charge in [-0.05, 0) is 29.7 Å². The van der Waals surface area contributed by atoms with E-state index < -0.39 is 11.9 Å². The summed E-state index contributed by atoms with van der Waals surface area (Å²) in [5.74, 6) is -0.480. The van der Waals surface area contributed by atoms with Gasteiger partial charge in [-0.1, -0.05) is 31.2 Å². The van der Waals surface area contributed by atoms with Crippen molar-refractivity contribution in [1.82, 2.24) is 31.6 Å². The lowest BCUT2D eigenvalue weighted by Gasteiger charge is -2.15. The number of nitrogens with one attached hydrogen (secondary N) is 4. The maximum Gasteiger partial charge on any atom is 0.271 e. The fourth-order valence-corrected chi connectivity index (χ4v) is 3.04. The van der Waals surface area contributed by atoms with Gasteiger partial charge in [0.1, 0.15) is 17.3 Å². The molecule has 2 heterocycles. The Morgan fingerprint density at radius 1 is 1.25 bits per heavy atom. The van der Waals surface area contributed by atoms with Crippen molar-refractivity contribution < 1.29 is 14.3 Å². The highest BCUT2D eigenvalue weighted by Crippen LogP contribution is 2.15. The first-order chi connectivity index (χ1) is 15.5. The quantitative estimate of drug-likeness (QED) is 0.458. The highest BCUT2D eigenvalue weighted by atomic mass is 16.5. The monoisotopic (exact) mass is 435 g/mol. The Morgan fingerprint density at radius 3 is 2.72 bits per heavy atom. The van der Waals surface area contributed by atoms with Gasteiger partial charge in [-0.15, -0.1) is 5.53 Å². The fraction of sp³-hybridized carbons (Fsp3) is 0.273. The minimum atomic E-state index is -0.765. The minimum Gasteiger partial charge on any atom is -0.480 e. The van der Waals surface area contributed by atoms with Gasteiger partial charge in [0.2, 0.25) is 5.88 Å². The van der Waals surface area contributed by atoms with Crippen LogP contribution in [0.5, 0.6) is 5.88 Å². The summed E-state index contributed by atoms with van der Waals surface area (Å²) in [6, 6.07) is 12.2. The number of rotatable bonds is 9. The maximum atomic E-state index is 12.5. The normalized spacial score (nSPS) is 13.4. The van der Waals surface area contributed by atoms with Crippen LogP contribution in [0.2, 0.25) is 0 Å². The molecule has 1 aromatic heterocycles. The lowest BCUT2D eigenvalue weighted by atomic mass is 10.0.